The van der Waals surface area contributed by atoms with Crippen LogP contribution in [0.1, 0.15) is 76.8 Å². The van der Waals surface area contributed by atoms with Gasteiger partial charge in [-0.05, 0) is 98.8 Å². The van der Waals surface area contributed by atoms with Crippen LogP contribution in [0, 0.1) is 17.3 Å². The van der Waals surface area contributed by atoms with Gasteiger partial charge in [-0.1, -0.05) is 26.3 Å². The minimum atomic E-state index is -0.525. The molecule has 0 spiro atoms. The Bertz CT molecular complexity index is 577. The van der Waals surface area contributed by atoms with Crippen molar-refractivity contribution in [2.45, 2.75) is 84.2 Å². The van der Waals surface area contributed by atoms with Gasteiger partial charge >= 0.3 is 0 Å². The van der Waals surface area contributed by atoms with Gasteiger partial charge in [-0.3, -0.25) is 0 Å². The first-order chi connectivity index (χ1) is 11.3. The van der Waals surface area contributed by atoms with E-state index in [1.54, 1.807) is 0 Å². The molecule has 2 N–H and O–H groups in total. The molecule has 0 saturated heterocycles. The summed E-state index contributed by atoms with van der Waals surface area (Å²) in [4.78, 5) is 0. The predicted octanol–water partition coefficient (Wildman–Crippen LogP) is 5.24. The average Bonchev–Trinajstić information content (AvgIpc) is 2.74. The van der Waals surface area contributed by atoms with E-state index in [-0.39, 0.29) is 5.41 Å². The highest BCUT2D eigenvalue weighted by Crippen LogP contribution is 2.55. The molecule has 0 unspecified atom stereocenters. The van der Waals surface area contributed by atoms with Gasteiger partial charge in [0.15, 0.2) is 0 Å². The number of aryl methyl sites for hydroxylation is 2. The second-order valence-electron chi connectivity index (χ2n) is 8.95. The lowest BCUT2D eigenvalue weighted by Crippen LogP contribution is -2.42. The van der Waals surface area contributed by atoms with E-state index in [2.05, 4.69) is 26.8 Å². The molecule has 1 saturated carbocycles. The molecular weight excluding hydrogens is 296 g/mol. The summed E-state index contributed by atoms with van der Waals surface area (Å²) in [6.45, 7) is 6.76. The number of phenols is 1. The van der Waals surface area contributed by atoms with Gasteiger partial charge in [0.2, 0.25) is 0 Å². The Balaban J connectivity index is 1.85. The first-order valence-electron chi connectivity index (χ1n) is 9.85. The number of aromatic hydroxyl groups is 1. The van der Waals surface area contributed by atoms with Crippen molar-refractivity contribution < 1.29 is 10.2 Å². The molecule has 0 aliphatic heterocycles. The number of rotatable bonds is 0. The summed E-state index contributed by atoms with van der Waals surface area (Å²) >= 11 is 0. The summed E-state index contributed by atoms with van der Waals surface area (Å²) in [5.41, 5.74) is 2.23. The van der Waals surface area contributed by atoms with Gasteiger partial charge in [-0.25, -0.2) is 0 Å². The second-order valence-corrected chi connectivity index (χ2v) is 8.95. The number of aliphatic hydroxyl groups is 1. The number of hydrogen-bond donors (Lipinski definition) is 2. The third kappa shape index (κ3) is 3.35. The Morgan fingerprint density at radius 3 is 2.54 bits per heavy atom. The molecule has 0 amide bonds. The number of hydrogen-bond acceptors (Lipinski definition) is 2. The SMILES string of the molecule is C[C@@H]1CCc2cc(O)ccc2CCC[C@@]2(C)[C@H](CC1)CC[C@]2(C)O. The van der Waals surface area contributed by atoms with Crippen LogP contribution in [0.4, 0.5) is 0 Å². The van der Waals surface area contributed by atoms with Gasteiger partial charge in [0.25, 0.3) is 0 Å². The van der Waals surface area contributed by atoms with Crippen LogP contribution in [-0.2, 0) is 12.8 Å². The zero-order valence-corrected chi connectivity index (χ0v) is 15.6. The van der Waals surface area contributed by atoms with E-state index in [9.17, 15) is 10.2 Å². The van der Waals surface area contributed by atoms with Crippen LogP contribution < -0.4 is 0 Å². The summed E-state index contributed by atoms with van der Waals surface area (Å²) in [6.07, 6.45) is 10.2. The van der Waals surface area contributed by atoms with E-state index in [0.29, 0.717) is 17.6 Å². The largest absolute Gasteiger partial charge is 0.508 e. The summed E-state index contributed by atoms with van der Waals surface area (Å²) < 4.78 is 0. The fourth-order valence-corrected chi connectivity index (χ4v) is 5.20. The number of benzene rings is 1. The molecule has 1 fully saturated rings. The molecule has 2 nitrogen and oxygen atoms in total. The number of fused-ring (bicyclic) bond motifs is 2. The maximum atomic E-state index is 11.0. The van der Waals surface area contributed by atoms with Gasteiger partial charge in [0, 0.05) is 0 Å². The quantitative estimate of drug-likeness (QED) is 0.682. The molecule has 2 heteroatoms. The maximum Gasteiger partial charge on any atom is 0.115 e. The summed E-state index contributed by atoms with van der Waals surface area (Å²) in [5, 5.41) is 20.9. The molecule has 1 aromatic rings. The lowest BCUT2D eigenvalue weighted by Gasteiger charge is -2.42. The van der Waals surface area contributed by atoms with Crippen LogP contribution in [0.3, 0.4) is 0 Å². The fraction of sp³-hybridized carbons (Fsp3) is 0.727. The molecule has 1 aromatic carbocycles. The van der Waals surface area contributed by atoms with Crippen LogP contribution in [0.15, 0.2) is 18.2 Å². The first-order valence-corrected chi connectivity index (χ1v) is 9.85. The Kier molecular flexibility index (Phi) is 4.97. The van der Waals surface area contributed by atoms with Gasteiger partial charge in [-0.15, -0.1) is 0 Å². The lowest BCUT2D eigenvalue weighted by atomic mass is 9.66. The van der Waals surface area contributed by atoms with Gasteiger partial charge < -0.3 is 10.2 Å². The van der Waals surface area contributed by atoms with Gasteiger partial charge in [-0.2, -0.15) is 0 Å². The Morgan fingerprint density at radius 2 is 1.75 bits per heavy atom. The molecule has 3 rings (SSSR count). The van der Waals surface area contributed by atoms with E-state index in [0.717, 1.165) is 32.1 Å². The number of phenolic OH excluding ortho intramolecular Hbond substituents is 1. The monoisotopic (exact) mass is 330 g/mol. The van der Waals surface area contributed by atoms with Crippen LogP contribution >= 0.6 is 0 Å². The van der Waals surface area contributed by atoms with Crippen molar-refractivity contribution in [2.75, 3.05) is 0 Å². The normalized spacial score (nSPS) is 37.8. The Morgan fingerprint density at radius 1 is 0.958 bits per heavy atom. The lowest BCUT2D eigenvalue weighted by molar-refractivity contribution is -0.0616. The molecule has 134 valence electrons. The van der Waals surface area contributed by atoms with E-state index < -0.39 is 5.60 Å². The average molecular weight is 331 g/mol. The van der Waals surface area contributed by atoms with Crippen molar-refractivity contribution >= 4 is 0 Å². The molecule has 2 aliphatic carbocycles. The highest BCUT2D eigenvalue weighted by Gasteiger charge is 2.52. The Labute approximate surface area is 147 Å². The standard InChI is InChI=1S/C22H34O2/c1-16-6-8-18-15-20(23)11-9-17(18)5-4-13-21(2)19(10-7-16)12-14-22(21,3)24/h9,11,15-16,19,23-24H,4-8,10,12-14H2,1-3H3/t16-,19-,21+,22+/m1/s1. The zero-order valence-electron chi connectivity index (χ0n) is 15.6. The molecule has 0 bridgehead atoms. The molecular formula is C22H34O2. The second kappa shape index (κ2) is 6.71. The molecule has 2 aliphatic rings. The van der Waals surface area contributed by atoms with Gasteiger partial charge in [0.05, 0.1) is 5.60 Å². The van der Waals surface area contributed by atoms with Gasteiger partial charge in [0.1, 0.15) is 5.75 Å². The minimum Gasteiger partial charge on any atom is -0.508 e. The minimum absolute atomic E-state index is 0.0446. The third-order valence-corrected chi connectivity index (χ3v) is 7.36. The molecule has 24 heavy (non-hydrogen) atoms. The van der Waals surface area contributed by atoms with Crippen LogP contribution in [0.25, 0.3) is 0 Å². The van der Waals surface area contributed by atoms with Crippen molar-refractivity contribution in [1.82, 2.24) is 0 Å². The maximum absolute atomic E-state index is 11.0. The highest BCUT2D eigenvalue weighted by molar-refractivity contribution is 5.35. The smallest absolute Gasteiger partial charge is 0.115 e. The summed E-state index contributed by atoms with van der Waals surface area (Å²) in [5.74, 6) is 1.75. The molecule has 0 radical (unpaired) electrons. The van der Waals surface area contributed by atoms with E-state index in [1.165, 1.54) is 36.8 Å². The van der Waals surface area contributed by atoms with Crippen molar-refractivity contribution in [2.24, 2.45) is 17.3 Å². The van der Waals surface area contributed by atoms with E-state index >= 15 is 0 Å². The van der Waals surface area contributed by atoms with Crippen LogP contribution in [0.2, 0.25) is 0 Å². The third-order valence-electron chi connectivity index (χ3n) is 7.36. The predicted molar refractivity (Wildman–Crippen MR) is 99.2 cm³/mol. The summed E-state index contributed by atoms with van der Waals surface area (Å²) in [7, 11) is 0. The van der Waals surface area contributed by atoms with Crippen molar-refractivity contribution in [3.63, 3.8) is 0 Å². The topological polar surface area (TPSA) is 40.5 Å². The van der Waals surface area contributed by atoms with Crippen molar-refractivity contribution in [3.05, 3.63) is 29.3 Å². The van der Waals surface area contributed by atoms with Crippen molar-refractivity contribution in [3.8, 4) is 5.75 Å². The molecule has 0 heterocycles. The van der Waals surface area contributed by atoms with Crippen LogP contribution in [0.5, 0.6) is 5.75 Å². The zero-order chi connectivity index (χ0) is 17.4. The molecule has 0 aromatic heterocycles. The van der Waals surface area contributed by atoms with Crippen LogP contribution in [-0.4, -0.2) is 15.8 Å². The first kappa shape index (κ1) is 17.8. The van der Waals surface area contributed by atoms with E-state index in [1.807, 2.05) is 12.1 Å². The van der Waals surface area contributed by atoms with Crippen molar-refractivity contribution in [1.29, 1.82) is 0 Å². The highest BCUT2D eigenvalue weighted by atomic mass is 16.3. The Hall–Kier alpha value is -1.02. The summed E-state index contributed by atoms with van der Waals surface area (Å²) in [6, 6.07) is 5.89. The fourth-order valence-electron chi connectivity index (χ4n) is 5.20. The molecule has 4 atom stereocenters. The van der Waals surface area contributed by atoms with E-state index in [4.69, 9.17) is 0 Å².